The third-order valence-corrected chi connectivity index (χ3v) is 3.99. The summed E-state index contributed by atoms with van der Waals surface area (Å²) < 4.78 is 4.73. The Hall–Kier alpha value is -0.530. The maximum atomic E-state index is 11.2. The second kappa shape index (κ2) is 12.5. The molecule has 0 spiro atoms. The fraction of sp³-hybridized carbons (Fsp3) is 0.941. The summed E-state index contributed by atoms with van der Waals surface area (Å²) >= 11 is 0. The van der Waals surface area contributed by atoms with Gasteiger partial charge < -0.3 is 4.74 Å². The Morgan fingerprint density at radius 1 is 0.895 bits per heavy atom. The molecular weight excluding hydrogens is 236 g/mol. The molecule has 0 aromatic carbocycles. The van der Waals surface area contributed by atoms with Gasteiger partial charge in [-0.25, -0.2) is 0 Å². The number of methoxy groups -OCH3 is 1. The van der Waals surface area contributed by atoms with E-state index >= 15 is 0 Å². The molecule has 19 heavy (non-hydrogen) atoms. The zero-order valence-electron chi connectivity index (χ0n) is 13.5. The first-order valence-corrected chi connectivity index (χ1v) is 8.19. The summed E-state index contributed by atoms with van der Waals surface area (Å²) in [5.41, 5.74) is 0. The lowest BCUT2D eigenvalue weighted by atomic mass is 9.95. The fourth-order valence-electron chi connectivity index (χ4n) is 2.50. The average Bonchev–Trinajstić information content (AvgIpc) is 2.42. The van der Waals surface area contributed by atoms with Crippen molar-refractivity contribution < 1.29 is 9.53 Å². The maximum absolute atomic E-state index is 11.2. The summed E-state index contributed by atoms with van der Waals surface area (Å²) in [5, 5.41) is 0. The molecule has 114 valence electrons. The van der Waals surface area contributed by atoms with Crippen LogP contribution in [-0.2, 0) is 9.53 Å². The monoisotopic (exact) mass is 270 g/mol. The van der Waals surface area contributed by atoms with Gasteiger partial charge in [0.2, 0.25) is 0 Å². The van der Waals surface area contributed by atoms with Crippen molar-refractivity contribution in [1.29, 1.82) is 0 Å². The van der Waals surface area contributed by atoms with Gasteiger partial charge in [-0.1, -0.05) is 78.6 Å². The minimum absolute atomic E-state index is 0.0655. The third kappa shape index (κ3) is 11.0. The van der Waals surface area contributed by atoms with E-state index in [4.69, 9.17) is 4.74 Å². The Bertz CT molecular complexity index is 213. The van der Waals surface area contributed by atoms with E-state index in [1.165, 1.54) is 58.5 Å². The van der Waals surface area contributed by atoms with Gasteiger partial charge in [0.25, 0.3) is 0 Å². The van der Waals surface area contributed by atoms with Crippen molar-refractivity contribution in [1.82, 2.24) is 0 Å². The van der Waals surface area contributed by atoms with Crippen LogP contribution in [0.4, 0.5) is 0 Å². The number of ether oxygens (including phenoxy) is 1. The highest BCUT2D eigenvalue weighted by Crippen LogP contribution is 2.18. The molecule has 0 saturated carbocycles. The molecule has 0 aromatic heterocycles. The minimum Gasteiger partial charge on any atom is -0.469 e. The largest absolute Gasteiger partial charge is 0.469 e. The minimum atomic E-state index is -0.0655. The van der Waals surface area contributed by atoms with Crippen molar-refractivity contribution >= 4 is 5.97 Å². The molecule has 0 heterocycles. The second-order valence-corrected chi connectivity index (χ2v) is 6.02. The van der Waals surface area contributed by atoms with Gasteiger partial charge in [0.05, 0.1) is 13.0 Å². The fourth-order valence-corrected chi connectivity index (χ4v) is 2.50. The highest BCUT2D eigenvalue weighted by Gasteiger charge is 2.12. The Labute approximate surface area is 120 Å². The smallest absolute Gasteiger partial charge is 0.308 e. The van der Waals surface area contributed by atoms with Crippen LogP contribution >= 0.6 is 0 Å². The summed E-state index contributed by atoms with van der Waals surface area (Å²) in [6, 6.07) is 0. The van der Waals surface area contributed by atoms with E-state index in [-0.39, 0.29) is 11.9 Å². The molecule has 0 aliphatic carbocycles. The number of unbranched alkanes of at least 4 members (excludes halogenated alkanes) is 5. The van der Waals surface area contributed by atoms with E-state index in [0.29, 0.717) is 0 Å². The molecule has 0 bridgehead atoms. The first-order valence-electron chi connectivity index (χ1n) is 8.19. The first kappa shape index (κ1) is 18.5. The van der Waals surface area contributed by atoms with Crippen LogP contribution in [0.25, 0.3) is 0 Å². The van der Waals surface area contributed by atoms with Crippen molar-refractivity contribution in [3.05, 3.63) is 0 Å². The molecule has 0 rings (SSSR count). The molecule has 2 atom stereocenters. The highest BCUT2D eigenvalue weighted by molar-refractivity contribution is 5.71. The molecule has 2 heteroatoms. The molecule has 0 radical (unpaired) electrons. The van der Waals surface area contributed by atoms with Crippen LogP contribution in [0.1, 0.15) is 85.0 Å². The van der Waals surface area contributed by atoms with Crippen molar-refractivity contribution in [2.75, 3.05) is 7.11 Å². The predicted octanol–water partition coefficient (Wildman–Crippen LogP) is 5.35. The van der Waals surface area contributed by atoms with Gasteiger partial charge in [-0.2, -0.15) is 0 Å². The van der Waals surface area contributed by atoms with Gasteiger partial charge in [0.15, 0.2) is 0 Å². The molecule has 0 aliphatic heterocycles. The Balaban J connectivity index is 3.36. The quantitative estimate of drug-likeness (QED) is 0.353. The van der Waals surface area contributed by atoms with Crippen molar-refractivity contribution in [3.8, 4) is 0 Å². The van der Waals surface area contributed by atoms with Gasteiger partial charge in [0.1, 0.15) is 0 Å². The van der Waals surface area contributed by atoms with Gasteiger partial charge in [-0.15, -0.1) is 0 Å². The molecule has 0 aromatic rings. The lowest BCUT2D eigenvalue weighted by Crippen LogP contribution is -2.12. The van der Waals surface area contributed by atoms with E-state index in [2.05, 4.69) is 13.8 Å². The molecule has 0 fully saturated rings. The third-order valence-electron chi connectivity index (χ3n) is 3.99. The first-order chi connectivity index (χ1) is 9.11. The highest BCUT2D eigenvalue weighted by atomic mass is 16.5. The van der Waals surface area contributed by atoms with E-state index in [9.17, 15) is 4.79 Å². The average molecular weight is 270 g/mol. The van der Waals surface area contributed by atoms with Gasteiger partial charge in [-0.3, -0.25) is 4.79 Å². The molecule has 0 saturated heterocycles. The number of esters is 1. The molecule has 0 N–H and O–H groups in total. The van der Waals surface area contributed by atoms with Crippen LogP contribution in [-0.4, -0.2) is 13.1 Å². The summed E-state index contributed by atoms with van der Waals surface area (Å²) in [4.78, 5) is 11.2. The Kier molecular flexibility index (Phi) is 12.2. The number of carbonyl (C=O) groups excluding carboxylic acids is 1. The molecular formula is C17H34O2. The standard InChI is InChI=1S/C17H34O2/c1-5-6-7-9-12-15(2)13-10-8-11-14-16(3)17(18)19-4/h15-16H,5-14H2,1-4H3/t15-,16+/m0/s1. The zero-order chi connectivity index (χ0) is 14.5. The van der Waals surface area contributed by atoms with Gasteiger partial charge >= 0.3 is 5.97 Å². The number of rotatable bonds is 12. The van der Waals surface area contributed by atoms with Crippen molar-refractivity contribution in [2.24, 2.45) is 11.8 Å². The number of carbonyl (C=O) groups is 1. The second-order valence-electron chi connectivity index (χ2n) is 6.02. The van der Waals surface area contributed by atoms with Crippen LogP contribution in [0, 0.1) is 11.8 Å². The van der Waals surface area contributed by atoms with Crippen LogP contribution in [0.5, 0.6) is 0 Å². The van der Waals surface area contributed by atoms with Crippen molar-refractivity contribution in [3.63, 3.8) is 0 Å². The topological polar surface area (TPSA) is 26.3 Å². The molecule has 0 aliphatic rings. The lowest BCUT2D eigenvalue weighted by molar-refractivity contribution is -0.145. The molecule has 0 unspecified atom stereocenters. The molecule has 0 amide bonds. The van der Waals surface area contributed by atoms with Crippen LogP contribution in [0.2, 0.25) is 0 Å². The SMILES string of the molecule is CCCCCC[C@H](C)CCCCC[C@@H](C)C(=O)OC. The lowest BCUT2D eigenvalue weighted by Gasteiger charge is -2.12. The Morgan fingerprint density at radius 3 is 1.95 bits per heavy atom. The van der Waals surface area contributed by atoms with Crippen LogP contribution < -0.4 is 0 Å². The predicted molar refractivity (Wildman–Crippen MR) is 82.2 cm³/mol. The number of hydrogen-bond donors (Lipinski definition) is 0. The van der Waals surface area contributed by atoms with E-state index in [1.54, 1.807) is 0 Å². The maximum Gasteiger partial charge on any atom is 0.308 e. The van der Waals surface area contributed by atoms with E-state index in [0.717, 1.165) is 18.8 Å². The van der Waals surface area contributed by atoms with Crippen molar-refractivity contribution in [2.45, 2.75) is 85.0 Å². The van der Waals surface area contributed by atoms with E-state index < -0.39 is 0 Å². The zero-order valence-corrected chi connectivity index (χ0v) is 13.5. The van der Waals surface area contributed by atoms with Crippen LogP contribution in [0.3, 0.4) is 0 Å². The van der Waals surface area contributed by atoms with Gasteiger partial charge in [0, 0.05) is 0 Å². The van der Waals surface area contributed by atoms with E-state index in [1.807, 2.05) is 6.92 Å². The summed E-state index contributed by atoms with van der Waals surface area (Å²) in [6.45, 7) is 6.60. The normalized spacial score (nSPS) is 14.1. The summed E-state index contributed by atoms with van der Waals surface area (Å²) in [5.74, 6) is 0.871. The number of hydrogen-bond acceptors (Lipinski definition) is 2. The van der Waals surface area contributed by atoms with Crippen LogP contribution in [0.15, 0.2) is 0 Å². The Morgan fingerprint density at radius 2 is 1.42 bits per heavy atom. The molecule has 2 nitrogen and oxygen atoms in total. The summed E-state index contributed by atoms with van der Waals surface area (Å²) in [6.07, 6.45) is 12.9. The summed E-state index contributed by atoms with van der Waals surface area (Å²) in [7, 11) is 1.47. The van der Waals surface area contributed by atoms with Gasteiger partial charge in [-0.05, 0) is 12.3 Å².